The van der Waals surface area contributed by atoms with Gasteiger partial charge in [-0.15, -0.1) is 6.58 Å². The molecule has 0 unspecified atom stereocenters. The van der Waals surface area contributed by atoms with Gasteiger partial charge in [0.25, 0.3) is 0 Å². The van der Waals surface area contributed by atoms with E-state index in [1.165, 1.54) is 0 Å². The fourth-order valence-electron chi connectivity index (χ4n) is 1.17. The van der Waals surface area contributed by atoms with Crippen molar-refractivity contribution < 1.29 is 9.53 Å². The van der Waals surface area contributed by atoms with E-state index in [1.54, 1.807) is 25.1 Å². The molecule has 0 saturated heterocycles. The van der Waals surface area contributed by atoms with Gasteiger partial charge in [0.15, 0.2) is 5.78 Å². The van der Waals surface area contributed by atoms with Crippen molar-refractivity contribution in [1.29, 1.82) is 0 Å². The van der Waals surface area contributed by atoms with Crippen LogP contribution in [0.2, 0.25) is 0 Å². The van der Waals surface area contributed by atoms with E-state index in [-0.39, 0.29) is 5.78 Å². The van der Waals surface area contributed by atoms with E-state index in [9.17, 15) is 4.79 Å². The van der Waals surface area contributed by atoms with Crippen LogP contribution in [0.5, 0.6) is 5.75 Å². The maximum atomic E-state index is 11.1. The van der Waals surface area contributed by atoms with E-state index in [0.29, 0.717) is 12.2 Å². The summed E-state index contributed by atoms with van der Waals surface area (Å²) in [5, 5.41) is 0. The van der Waals surface area contributed by atoms with E-state index in [2.05, 4.69) is 22.5 Å². The predicted octanol–water partition coefficient (Wildman–Crippen LogP) is 4.00. The molecule has 0 heterocycles. The van der Waals surface area contributed by atoms with Crippen molar-refractivity contribution in [2.45, 2.75) is 20.3 Å². The fourth-order valence-corrected chi connectivity index (χ4v) is 1.67. The first-order valence-electron chi connectivity index (χ1n) is 5.08. The summed E-state index contributed by atoms with van der Waals surface area (Å²) < 4.78 is 6.37. The van der Waals surface area contributed by atoms with Gasteiger partial charge in [0.05, 0.1) is 11.1 Å². The lowest BCUT2D eigenvalue weighted by Crippen LogP contribution is -1.99. The van der Waals surface area contributed by atoms with Crippen LogP contribution >= 0.6 is 15.9 Å². The maximum absolute atomic E-state index is 11.1. The summed E-state index contributed by atoms with van der Waals surface area (Å²) in [6.07, 6.45) is 0.834. The SMILES string of the molecule is C=C(C)CCOc1ccc(C(C)=O)cc1Br. The maximum Gasteiger partial charge on any atom is 0.159 e. The van der Waals surface area contributed by atoms with E-state index in [1.807, 2.05) is 6.92 Å². The molecule has 0 bridgehead atoms. The summed E-state index contributed by atoms with van der Waals surface area (Å²) in [7, 11) is 0. The van der Waals surface area contributed by atoms with Gasteiger partial charge < -0.3 is 4.74 Å². The minimum absolute atomic E-state index is 0.0502. The molecular formula is C13H15BrO2. The van der Waals surface area contributed by atoms with Crippen LogP contribution in [0.1, 0.15) is 30.6 Å². The van der Waals surface area contributed by atoms with Crippen molar-refractivity contribution in [3.63, 3.8) is 0 Å². The Hall–Kier alpha value is -1.09. The Morgan fingerprint density at radius 1 is 1.44 bits per heavy atom. The number of hydrogen-bond donors (Lipinski definition) is 0. The molecule has 0 amide bonds. The third-order valence-corrected chi connectivity index (χ3v) is 2.74. The zero-order valence-electron chi connectivity index (χ0n) is 9.55. The van der Waals surface area contributed by atoms with Crippen LogP contribution in [-0.4, -0.2) is 12.4 Å². The third-order valence-electron chi connectivity index (χ3n) is 2.12. The Kier molecular flexibility index (Phi) is 4.74. The monoisotopic (exact) mass is 282 g/mol. The van der Waals surface area contributed by atoms with Crippen LogP contribution in [0.15, 0.2) is 34.8 Å². The minimum Gasteiger partial charge on any atom is -0.492 e. The summed E-state index contributed by atoms with van der Waals surface area (Å²) in [4.78, 5) is 11.1. The van der Waals surface area contributed by atoms with Gasteiger partial charge in [0.1, 0.15) is 5.75 Å². The van der Waals surface area contributed by atoms with Crippen LogP contribution in [0.25, 0.3) is 0 Å². The molecule has 0 aliphatic rings. The number of benzene rings is 1. The standard InChI is InChI=1S/C13H15BrO2/c1-9(2)6-7-16-13-5-4-11(10(3)15)8-12(13)14/h4-5,8H,1,6-7H2,2-3H3. The molecule has 0 aliphatic heterocycles. The van der Waals surface area contributed by atoms with Gasteiger partial charge in [-0.3, -0.25) is 4.79 Å². The second kappa shape index (κ2) is 5.85. The highest BCUT2D eigenvalue weighted by atomic mass is 79.9. The first-order chi connectivity index (χ1) is 7.50. The van der Waals surface area contributed by atoms with Crippen LogP contribution in [0, 0.1) is 0 Å². The molecule has 16 heavy (non-hydrogen) atoms. The molecule has 0 fully saturated rings. The average molecular weight is 283 g/mol. The molecule has 0 aromatic heterocycles. The van der Waals surface area contributed by atoms with Crippen molar-refractivity contribution in [3.05, 3.63) is 40.4 Å². The molecular weight excluding hydrogens is 268 g/mol. The molecule has 0 atom stereocenters. The number of Topliss-reactive ketones (excluding diaryl/α,β-unsaturated/α-hetero) is 1. The zero-order chi connectivity index (χ0) is 12.1. The number of ether oxygens (including phenoxy) is 1. The highest BCUT2D eigenvalue weighted by Crippen LogP contribution is 2.26. The second-order valence-corrected chi connectivity index (χ2v) is 4.61. The largest absolute Gasteiger partial charge is 0.492 e. The topological polar surface area (TPSA) is 26.3 Å². The molecule has 2 nitrogen and oxygen atoms in total. The molecule has 1 aromatic carbocycles. The second-order valence-electron chi connectivity index (χ2n) is 3.76. The molecule has 0 saturated carbocycles. The Balaban J connectivity index is 2.68. The lowest BCUT2D eigenvalue weighted by atomic mass is 10.1. The smallest absolute Gasteiger partial charge is 0.159 e. The van der Waals surface area contributed by atoms with Gasteiger partial charge in [-0.25, -0.2) is 0 Å². The molecule has 86 valence electrons. The molecule has 0 radical (unpaired) electrons. The van der Waals surface area contributed by atoms with E-state index in [0.717, 1.165) is 22.2 Å². The molecule has 0 N–H and O–H groups in total. The first kappa shape index (κ1) is 13.0. The van der Waals surface area contributed by atoms with Gasteiger partial charge >= 0.3 is 0 Å². The lowest BCUT2D eigenvalue weighted by Gasteiger charge is -2.08. The highest BCUT2D eigenvalue weighted by molar-refractivity contribution is 9.10. The molecule has 3 heteroatoms. The molecule has 0 spiro atoms. The van der Waals surface area contributed by atoms with Crippen molar-refractivity contribution in [2.24, 2.45) is 0 Å². The number of carbonyl (C=O) groups is 1. The lowest BCUT2D eigenvalue weighted by molar-refractivity contribution is 0.101. The number of ketones is 1. The number of hydrogen-bond acceptors (Lipinski definition) is 2. The Morgan fingerprint density at radius 2 is 2.12 bits per heavy atom. The quantitative estimate of drug-likeness (QED) is 0.603. The van der Waals surface area contributed by atoms with Gasteiger partial charge in [-0.05, 0) is 48.0 Å². The van der Waals surface area contributed by atoms with Gasteiger partial charge in [-0.1, -0.05) is 5.57 Å². The molecule has 1 rings (SSSR count). The van der Waals surface area contributed by atoms with Crippen molar-refractivity contribution in [2.75, 3.05) is 6.61 Å². The highest BCUT2D eigenvalue weighted by Gasteiger charge is 2.05. The van der Waals surface area contributed by atoms with E-state index >= 15 is 0 Å². The van der Waals surface area contributed by atoms with Crippen LogP contribution in [0.3, 0.4) is 0 Å². The Bertz CT molecular complexity index is 410. The van der Waals surface area contributed by atoms with Crippen molar-refractivity contribution >= 4 is 21.7 Å². The zero-order valence-corrected chi connectivity index (χ0v) is 11.1. The van der Waals surface area contributed by atoms with Gasteiger partial charge in [-0.2, -0.15) is 0 Å². The summed E-state index contributed by atoms with van der Waals surface area (Å²) in [5.74, 6) is 0.806. The summed E-state index contributed by atoms with van der Waals surface area (Å²) in [5.41, 5.74) is 1.77. The first-order valence-corrected chi connectivity index (χ1v) is 5.87. The van der Waals surface area contributed by atoms with Crippen LogP contribution in [-0.2, 0) is 0 Å². The van der Waals surface area contributed by atoms with Crippen LogP contribution < -0.4 is 4.74 Å². The normalized spacial score (nSPS) is 9.94. The molecule has 0 aliphatic carbocycles. The molecule has 1 aromatic rings. The van der Waals surface area contributed by atoms with E-state index < -0.39 is 0 Å². The van der Waals surface area contributed by atoms with Crippen molar-refractivity contribution in [1.82, 2.24) is 0 Å². The Labute approximate surface area is 104 Å². The number of rotatable bonds is 5. The number of halogens is 1. The van der Waals surface area contributed by atoms with Gasteiger partial charge in [0.2, 0.25) is 0 Å². The Morgan fingerprint density at radius 3 is 2.62 bits per heavy atom. The third kappa shape index (κ3) is 3.81. The van der Waals surface area contributed by atoms with Gasteiger partial charge in [0, 0.05) is 12.0 Å². The summed E-state index contributed by atoms with van der Waals surface area (Å²) >= 11 is 3.38. The fraction of sp³-hybridized carbons (Fsp3) is 0.308. The minimum atomic E-state index is 0.0502. The van der Waals surface area contributed by atoms with E-state index in [4.69, 9.17) is 4.74 Å². The summed E-state index contributed by atoms with van der Waals surface area (Å²) in [6, 6.07) is 5.35. The summed E-state index contributed by atoms with van der Waals surface area (Å²) in [6.45, 7) is 7.93. The number of carbonyl (C=O) groups excluding carboxylic acids is 1. The van der Waals surface area contributed by atoms with Crippen LogP contribution in [0.4, 0.5) is 0 Å². The average Bonchev–Trinajstić information content (AvgIpc) is 2.19. The van der Waals surface area contributed by atoms with Crippen molar-refractivity contribution in [3.8, 4) is 5.75 Å². The predicted molar refractivity (Wildman–Crippen MR) is 69.1 cm³/mol.